The second-order valence-corrected chi connectivity index (χ2v) is 8.36. The first-order chi connectivity index (χ1) is 13.7. The molecule has 2 heterocycles. The molecule has 1 aromatic carbocycles. The number of hydrogen-bond acceptors (Lipinski definition) is 7. The van der Waals surface area contributed by atoms with Crippen molar-refractivity contribution in [3.05, 3.63) is 40.5 Å². The summed E-state index contributed by atoms with van der Waals surface area (Å²) in [6.07, 6.45) is 1.42. The molecule has 0 spiro atoms. The molecule has 8 heteroatoms. The van der Waals surface area contributed by atoms with E-state index < -0.39 is 5.60 Å². The number of nitrogen functional groups attached to an aromatic ring is 1. The minimum absolute atomic E-state index is 0.0934. The van der Waals surface area contributed by atoms with Crippen LogP contribution < -0.4 is 15.4 Å². The monoisotopic (exact) mass is 420 g/mol. The maximum Gasteiger partial charge on any atom is 0.222 e. The Labute approximate surface area is 176 Å². The molecule has 0 aliphatic carbocycles. The molecular formula is C21H29ClN4O3. The molecule has 1 aliphatic rings. The first-order valence-corrected chi connectivity index (χ1v) is 10.2. The van der Waals surface area contributed by atoms with Gasteiger partial charge in [0.2, 0.25) is 5.95 Å². The van der Waals surface area contributed by atoms with Crippen LogP contribution in [0.25, 0.3) is 0 Å². The number of nitrogens with two attached hydrogens (primary N) is 1. The van der Waals surface area contributed by atoms with Crippen LogP contribution in [-0.4, -0.2) is 47.0 Å². The van der Waals surface area contributed by atoms with E-state index in [0.717, 1.165) is 30.0 Å². The van der Waals surface area contributed by atoms with Crippen LogP contribution in [0.2, 0.25) is 5.02 Å². The van der Waals surface area contributed by atoms with Crippen LogP contribution in [0.15, 0.2) is 24.3 Å². The summed E-state index contributed by atoms with van der Waals surface area (Å²) >= 11 is 6.63. The van der Waals surface area contributed by atoms with Crippen molar-refractivity contribution in [2.24, 2.45) is 0 Å². The Hall–Kier alpha value is -2.09. The number of halogens is 1. The molecule has 1 atom stereocenters. The largest absolute Gasteiger partial charge is 0.493 e. The zero-order valence-corrected chi connectivity index (χ0v) is 17.9. The highest BCUT2D eigenvalue weighted by molar-refractivity contribution is 6.31. The van der Waals surface area contributed by atoms with Gasteiger partial charge in [0.1, 0.15) is 11.6 Å². The minimum Gasteiger partial charge on any atom is -0.493 e. The van der Waals surface area contributed by atoms with Gasteiger partial charge in [-0.3, -0.25) is 0 Å². The fourth-order valence-electron chi connectivity index (χ4n) is 3.32. The molecule has 0 bridgehead atoms. The maximum absolute atomic E-state index is 9.82. The van der Waals surface area contributed by atoms with Crippen molar-refractivity contribution in [2.75, 3.05) is 37.0 Å². The van der Waals surface area contributed by atoms with Gasteiger partial charge in [-0.15, -0.1) is 0 Å². The van der Waals surface area contributed by atoms with E-state index >= 15 is 0 Å². The molecule has 1 aliphatic heterocycles. The summed E-state index contributed by atoms with van der Waals surface area (Å²) in [5, 5.41) is 10.4. The molecular weight excluding hydrogens is 392 g/mol. The molecule has 3 N–H and O–H groups in total. The van der Waals surface area contributed by atoms with Gasteiger partial charge in [0.15, 0.2) is 0 Å². The number of anilines is 2. The van der Waals surface area contributed by atoms with E-state index in [9.17, 15) is 5.11 Å². The Balaban J connectivity index is 1.83. The number of aromatic nitrogens is 2. The summed E-state index contributed by atoms with van der Waals surface area (Å²) < 4.78 is 11.6. The summed E-state index contributed by atoms with van der Waals surface area (Å²) in [4.78, 5) is 10.8. The van der Waals surface area contributed by atoms with Gasteiger partial charge in [-0.05, 0) is 44.9 Å². The quantitative estimate of drug-likeness (QED) is 0.738. The van der Waals surface area contributed by atoms with E-state index in [1.54, 1.807) is 13.8 Å². The van der Waals surface area contributed by atoms with Gasteiger partial charge in [-0.25, -0.2) is 4.98 Å². The van der Waals surface area contributed by atoms with E-state index in [-0.39, 0.29) is 12.0 Å². The normalized spacial score (nSPS) is 17.8. The number of nitrogens with zero attached hydrogens (tertiary/aromatic N) is 3. The number of aliphatic hydroxyl groups is 1. The number of rotatable bonds is 6. The van der Waals surface area contributed by atoms with E-state index in [0.29, 0.717) is 37.0 Å². The molecule has 1 aromatic heterocycles. The lowest BCUT2D eigenvalue weighted by molar-refractivity contribution is 0.0553. The molecule has 0 saturated carbocycles. The van der Waals surface area contributed by atoms with E-state index in [1.165, 1.54) is 0 Å². The van der Waals surface area contributed by atoms with E-state index in [2.05, 4.69) is 14.9 Å². The van der Waals surface area contributed by atoms with Crippen LogP contribution in [-0.2, 0) is 4.74 Å². The smallest absolute Gasteiger partial charge is 0.222 e. The molecule has 0 amide bonds. The highest BCUT2D eigenvalue weighted by atomic mass is 35.5. The van der Waals surface area contributed by atoms with Crippen molar-refractivity contribution in [2.45, 2.75) is 45.3 Å². The number of benzene rings is 1. The molecule has 1 fully saturated rings. The van der Waals surface area contributed by atoms with Crippen molar-refractivity contribution < 1.29 is 14.6 Å². The Morgan fingerprint density at radius 2 is 2.14 bits per heavy atom. The molecule has 3 rings (SSSR count). The molecule has 158 valence electrons. The fraction of sp³-hybridized carbons (Fsp3) is 0.524. The SMILES string of the molecule is Cc1cc(N2CCCOCC2c2ccc(OCCC(C)(C)O)cc2Cl)nc(N)n1. The lowest BCUT2D eigenvalue weighted by Gasteiger charge is -2.31. The van der Waals surface area contributed by atoms with Crippen LogP contribution in [0.4, 0.5) is 11.8 Å². The molecule has 2 aromatic rings. The lowest BCUT2D eigenvalue weighted by atomic mass is 10.0. The van der Waals surface area contributed by atoms with Crippen molar-refractivity contribution in [3.63, 3.8) is 0 Å². The van der Waals surface area contributed by atoms with Gasteiger partial charge in [0.05, 0.1) is 24.9 Å². The van der Waals surface area contributed by atoms with Gasteiger partial charge in [-0.2, -0.15) is 4.98 Å². The van der Waals surface area contributed by atoms with Gasteiger partial charge in [-0.1, -0.05) is 17.7 Å². The first kappa shape index (κ1) is 21.6. The first-order valence-electron chi connectivity index (χ1n) is 9.83. The van der Waals surface area contributed by atoms with Crippen molar-refractivity contribution in [3.8, 4) is 5.75 Å². The molecule has 7 nitrogen and oxygen atoms in total. The Morgan fingerprint density at radius 3 is 2.83 bits per heavy atom. The van der Waals surface area contributed by atoms with Crippen molar-refractivity contribution in [1.82, 2.24) is 9.97 Å². The third-order valence-electron chi connectivity index (χ3n) is 4.81. The number of aryl methyl sites for hydroxylation is 1. The summed E-state index contributed by atoms with van der Waals surface area (Å²) in [5.41, 5.74) is 6.87. The Morgan fingerprint density at radius 1 is 1.34 bits per heavy atom. The van der Waals surface area contributed by atoms with E-state index in [1.807, 2.05) is 31.2 Å². The zero-order valence-electron chi connectivity index (χ0n) is 17.2. The fourth-order valence-corrected chi connectivity index (χ4v) is 3.61. The van der Waals surface area contributed by atoms with Gasteiger partial charge >= 0.3 is 0 Å². The lowest BCUT2D eigenvalue weighted by Crippen LogP contribution is -2.32. The summed E-state index contributed by atoms with van der Waals surface area (Å²) in [6, 6.07) is 7.50. The predicted octanol–water partition coefficient (Wildman–Crippen LogP) is 3.53. The highest BCUT2D eigenvalue weighted by Gasteiger charge is 2.27. The Kier molecular flexibility index (Phi) is 6.82. The summed E-state index contributed by atoms with van der Waals surface area (Å²) in [5.74, 6) is 1.70. The van der Waals surface area contributed by atoms with Crippen molar-refractivity contribution in [1.29, 1.82) is 0 Å². The van der Waals surface area contributed by atoms with Crippen LogP contribution >= 0.6 is 11.6 Å². The number of hydrogen-bond donors (Lipinski definition) is 2. The average Bonchev–Trinajstić information content (AvgIpc) is 2.86. The minimum atomic E-state index is -0.764. The molecule has 1 unspecified atom stereocenters. The van der Waals surface area contributed by atoms with E-state index in [4.69, 9.17) is 26.8 Å². The third-order valence-corrected chi connectivity index (χ3v) is 5.13. The third kappa shape index (κ3) is 5.95. The van der Waals surface area contributed by atoms with Crippen LogP contribution in [0.5, 0.6) is 5.75 Å². The second-order valence-electron chi connectivity index (χ2n) is 7.96. The topological polar surface area (TPSA) is 93.7 Å². The molecule has 29 heavy (non-hydrogen) atoms. The average molecular weight is 421 g/mol. The van der Waals surface area contributed by atoms with Gasteiger partial charge in [0, 0.05) is 36.4 Å². The van der Waals surface area contributed by atoms with Crippen LogP contribution in [0, 0.1) is 6.92 Å². The second kappa shape index (κ2) is 9.15. The zero-order chi connectivity index (χ0) is 21.0. The molecule has 0 radical (unpaired) electrons. The van der Waals surface area contributed by atoms with Crippen LogP contribution in [0.3, 0.4) is 0 Å². The van der Waals surface area contributed by atoms with Gasteiger partial charge < -0.3 is 25.2 Å². The number of ether oxygens (including phenoxy) is 2. The Bertz CT molecular complexity index is 821. The summed E-state index contributed by atoms with van der Waals surface area (Å²) in [7, 11) is 0. The predicted molar refractivity (Wildman–Crippen MR) is 115 cm³/mol. The summed E-state index contributed by atoms with van der Waals surface area (Å²) in [6.45, 7) is 7.79. The standard InChI is InChI=1S/C21H29ClN4O3/c1-14-11-19(25-20(23)24-14)26-8-4-9-28-13-18(26)16-6-5-15(12-17(16)22)29-10-7-21(2,3)27/h5-6,11-12,18,27H,4,7-10,13H2,1-3H3,(H2,23,24,25). The van der Waals surface area contributed by atoms with Gasteiger partial charge in [0.25, 0.3) is 0 Å². The van der Waals surface area contributed by atoms with Crippen LogP contribution in [0.1, 0.15) is 44.0 Å². The van der Waals surface area contributed by atoms with Crippen molar-refractivity contribution >= 4 is 23.4 Å². The maximum atomic E-state index is 9.82. The highest BCUT2D eigenvalue weighted by Crippen LogP contribution is 2.35. The molecule has 1 saturated heterocycles.